The summed E-state index contributed by atoms with van der Waals surface area (Å²) < 4.78 is 13.2. The van der Waals surface area contributed by atoms with Crippen LogP contribution in [0.4, 0.5) is 10.1 Å². The van der Waals surface area contributed by atoms with E-state index < -0.39 is 11.8 Å². The Morgan fingerprint density at radius 1 is 1.31 bits per heavy atom. The van der Waals surface area contributed by atoms with Crippen LogP contribution in [0.2, 0.25) is 0 Å². The second kappa shape index (κ2) is 3.94. The Hall–Kier alpha value is -1.88. The lowest BCUT2D eigenvalue weighted by atomic mass is 10.1. The van der Waals surface area contributed by atoms with Gasteiger partial charge in [-0.2, -0.15) is 0 Å². The van der Waals surface area contributed by atoms with Crippen molar-refractivity contribution < 1.29 is 14.3 Å². The zero-order valence-corrected chi connectivity index (χ0v) is 8.92. The lowest BCUT2D eigenvalue weighted by Crippen LogP contribution is -1.90. The molecule has 1 aromatic heterocycles. The highest BCUT2D eigenvalue weighted by Gasteiger charge is 2.09. The van der Waals surface area contributed by atoms with Crippen LogP contribution in [0.5, 0.6) is 0 Å². The summed E-state index contributed by atoms with van der Waals surface area (Å²) in [5.74, 6) is -1.48. The molecule has 1 heterocycles. The molecule has 0 atom stereocenters. The number of anilines is 1. The zero-order valence-electron chi connectivity index (χ0n) is 8.11. The van der Waals surface area contributed by atoms with Crippen molar-refractivity contribution in [3.63, 3.8) is 0 Å². The number of rotatable bonds is 2. The summed E-state index contributed by atoms with van der Waals surface area (Å²) in [6, 6.07) is 7.57. The van der Waals surface area contributed by atoms with Gasteiger partial charge in [-0.1, -0.05) is 6.07 Å². The van der Waals surface area contributed by atoms with Crippen LogP contribution in [-0.4, -0.2) is 11.1 Å². The molecule has 0 fully saturated rings. The predicted octanol–water partition coefficient (Wildman–Crippen LogP) is 2.83. The molecule has 3 nitrogen and oxygen atoms in total. The smallest absolute Gasteiger partial charge is 0.345 e. The highest BCUT2D eigenvalue weighted by molar-refractivity contribution is 7.17. The first-order chi connectivity index (χ1) is 7.58. The Balaban J connectivity index is 2.42. The lowest BCUT2D eigenvalue weighted by molar-refractivity contribution is 0.0702. The molecule has 0 saturated carbocycles. The maximum absolute atomic E-state index is 13.2. The SMILES string of the molecule is Nc1ccc(-c2ccc(C(=O)O)s2)cc1F. The molecule has 0 aliphatic heterocycles. The van der Waals surface area contributed by atoms with E-state index in [1.54, 1.807) is 12.1 Å². The molecule has 0 amide bonds. The van der Waals surface area contributed by atoms with Gasteiger partial charge >= 0.3 is 5.97 Å². The van der Waals surface area contributed by atoms with Crippen LogP contribution in [-0.2, 0) is 0 Å². The normalized spacial score (nSPS) is 10.3. The molecule has 0 aliphatic rings. The van der Waals surface area contributed by atoms with Crippen molar-refractivity contribution in [1.29, 1.82) is 0 Å². The first kappa shape index (κ1) is 10.6. The first-order valence-electron chi connectivity index (χ1n) is 4.46. The van der Waals surface area contributed by atoms with E-state index in [0.29, 0.717) is 10.4 Å². The molecule has 16 heavy (non-hydrogen) atoms. The number of halogens is 1. The van der Waals surface area contributed by atoms with Gasteiger partial charge in [0, 0.05) is 4.88 Å². The minimum Gasteiger partial charge on any atom is -0.477 e. The number of nitrogen functional groups attached to an aromatic ring is 1. The van der Waals surface area contributed by atoms with E-state index in [4.69, 9.17) is 10.8 Å². The molecule has 3 N–H and O–H groups in total. The van der Waals surface area contributed by atoms with E-state index in [2.05, 4.69) is 0 Å². The number of carboxylic acids is 1. The minimum absolute atomic E-state index is 0.0822. The van der Waals surface area contributed by atoms with Gasteiger partial charge in [-0.25, -0.2) is 9.18 Å². The second-order valence-corrected chi connectivity index (χ2v) is 4.29. The topological polar surface area (TPSA) is 63.3 Å². The molecule has 0 unspecified atom stereocenters. The van der Waals surface area contributed by atoms with E-state index in [-0.39, 0.29) is 10.6 Å². The summed E-state index contributed by atoms with van der Waals surface area (Å²) in [4.78, 5) is 11.6. The molecule has 0 radical (unpaired) electrons. The van der Waals surface area contributed by atoms with Crippen LogP contribution in [0, 0.1) is 5.82 Å². The first-order valence-corrected chi connectivity index (χ1v) is 5.28. The Labute approximate surface area is 95.0 Å². The molecular weight excluding hydrogens is 229 g/mol. The van der Waals surface area contributed by atoms with E-state index in [1.165, 1.54) is 18.2 Å². The van der Waals surface area contributed by atoms with Gasteiger partial charge in [0.05, 0.1) is 5.69 Å². The zero-order chi connectivity index (χ0) is 11.7. The monoisotopic (exact) mass is 237 g/mol. The Kier molecular flexibility index (Phi) is 2.62. The van der Waals surface area contributed by atoms with Crippen molar-refractivity contribution in [3.05, 3.63) is 41.0 Å². The highest BCUT2D eigenvalue weighted by Crippen LogP contribution is 2.29. The van der Waals surface area contributed by atoms with Crippen molar-refractivity contribution in [2.24, 2.45) is 0 Å². The number of hydrogen-bond acceptors (Lipinski definition) is 3. The fourth-order valence-corrected chi connectivity index (χ4v) is 2.13. The highest BCUT2D eigenvalue weighted by atomic mass is 32.1. The minimum atomic E-state index is -0.979. The van der Waals surface area contributed by atoms with Crippen LogP contribution in [0.25, 0.3) is 10.4 Å². The summed E-state index contributed by atoms with van der Waals surface area (Å²) in [5, 5.41) is 8.76. The molecule has 2 aromatic rings. The van der Waals surface area contributed by atoms with Gasteiger partial charge in [-0.3, -0.25) is 0 Å². The van der Waals surface area contributed by atoms with E-state index in [1.807, 2.05) is 0 Å². The summed E-state index contributed by atoms with van der Waals surface area (Å²) in [5.41, 5.74) is 6.07. The second-order valence-electron chi connectivity index (χ2n) is 3.21. The molecule has 1 aromatic carbocycles. The Morgan fingerprint density at radius 3 is 2.62 bits per heavy atom. The summed E-state index contributed by atoms with van der Waals surface area (Å²) in [7, 11) is 0. The van der Waals surface area contributed by atoms with Gasteiger partial charge in [0.15, 0.2) is 0 Å². The van der Waals surface area contributed by atoms with Gasteiger partial charge in [0.1, 0.15) is 10.7 Å². The lowest BCUT2D eigenvalue weighted by Gasteiger charge is -1.99. The van der Waals surface area contributed by atoms with Crippen molar-refractivity contribution in [3.8, 4) is 10.4 Å². The molecule has 0 aliphatic carbocycles. The molecule has 0 saturated heterocycles. The van der Waals surface area contributed by atoms with Crippen molar-refractivity contribution in [2.75, 3.05) is 5.73 Å². The average molecular weight is 237 g/mol. The number of carbonyl (C=O) groups is 1. The van der Waals surface area contributed by atoms with E-state index >= 15 is 0 Å². The molecule has 0 bridgehead atoms. The third kappa shape index (κ3) is 1.90. The number of carboxylic acid groups (broad SMARTS) is 1. The van der Waals surface area contributed by atoms with Gasteiger partial charge in [0.25, 0.3) is 0 Å². The fraction of sp³-hybridized carbons (Fsp3) is 0. The van der Waals surface area contributed by atoms with Crippen LogP contribution < -0.4 is 5.73 Å². The fourth-order valence-electron chi connectivity index (χ4n) is 1.29. The van der Waals surface area contributed by atoms with E-state index in [0.717, 1.165) is 11.3 Å². The number of thiophene rings is 1. The van der Waals surface area contributed by atoms with Gasteiger partial charge in [-0.05, 0) is 29.8 Å². The molecule has 0 spiro atoms. The molecule has 2 rings (SSSR count). The maximum atomic E-state index is 13.2. The number of hydrogen-bond donors (Lipinski definition) is 2. The molecule has 82 valence electrons. The Bertz CT molecular complexity index is 551. The molecular formula is C11H8FNO2S. The van der Waals surface area contributed by atoms with Gasteiger partial charge in [0.2, 0.25) is 0 Å². The predicted molar refractivity (Wildman–Crippen MR) is 61.1 cm³/mol. The number of aromatic carboxylic acids is 1. The van der Waals surface area contributed by atoms with Crippen molar-refractivity contribution in [2.45, 2.75) is 0 Å². The van der Waals surface area contributed by atoms with Crippen LogP contribution in [0.3, 0.4) is 0 Å². The van der Waals surface area contributed by atoms with Crippen LogP contribution >= 0.6 is 11.3 Å². The maximum Gasteiger partial charge on any atom is 0.345 e. The summed E-state index contributed by atoms with van der Waals surface area (Å²) in [6.07, 6.45) is 0. The quantitative estimate of drug-likeness (QED) is 0.789. The largest absolute Gasteiger partial charge is 0.477 e. The van der Waals surface area contributed by atoms with Crippen molar-refractivity contribution >= 4 is 23.0 Å². The van der Waals surface area contributed by atoms with Crippen LogP contribution in [0.15, 0.2) is 30.3 Å². The number of nitrogens with two attached hydrogens (primary N) is 1. The third-order valence-corrected chi connectivity index (χ3v) is 3.22. The third-order valence-electron chi connectivity index (χ3n) is 2.10. The average Bonchev–Trinajstić information content (AvgIpc) is 2.71. The van der Waals surface area contributed by atoms with Gasteiger partial charge in [-0.15, -0.1) is 11.3 Å². The standard InChI is InChI=1S/C11H8FNO2S/c12-7-5-6(1-2-8(7)13)9-3-4-10(16-9)11(14)15/h1-5H,13H2,(H,14,15). The molecule has 5 heteroatoms. The Morgan fingerprint density at radius 2 is 2.06 bits per heavy atom. The van der Waals surface area contributed by atoms with Gasteiger partial charge < -0.3 is 10.8 Å². The van der Waals surface area contributed by atoms with Crippen molar-refractivity contribution in [1.82, 2.24) is 0 Å². The number of benzene rings is 1. The summed E-state index contributed by atoms with van der Waals surface area (Å²) >= 11 is 1.10. The van der Waals surface area contributed by atoms with Crippen LogP contribution in [0.1, 0.15) is 9.67 Å². The summed E-state index contributed by atoms with van der Waals surface area (Å²) in [6.45, 7) is 0. The van der Waals surface area contributed by atoms with E-state index in [9.17, 15) is 9.18 Å².